The van der Waals surface area contributed by atoms with Crippen LogP contribution in [0.15, 0.2) is 17.7 Å². The van der Waals surface area contributed by atoms with Crippen molar-refractivity contribution in [1.29, 1.82) is 0 Å². The fraction of sp³-hybridized carbons (Fsp3) is 0.455. The third kappa shape index (κ3) is 2.59. The molecule has 0 bridgehead atoms. The summed E-state index contributed by atoms with van der Waals surface area (Å²) >= 11 is 7.51. The van der Waals surface area contributed by atoms with Crippen molar-refractivity contribution in [2.24, 2.45) is 5.73 Å². The van der Waals surface area contributed by atoms with Crippen LogP contribution in [0.5, 0.6) is 0 Å². The van der Waals surface area contributed by atoms with Crippen LogP contribution in [0.4, 0.5) is 0 Å². The Labute approximate surface area is 93.6 Å². The van der Waals surface area contributed by atoms with Crippen LogP contribution in [-0.2, 0) is 0 Å². The van der Waals surface area contributed by atoms with Crippen LogP contribution < -0.4 is 5.73 Å². The minimum atomic E-state index is 0.416. The van der Waals surface area contributed by atoms with E-state index in [0.717, 1.165) is 30.0 Å². The van der Waals surface area contributed by atoms with E-state index in [2.05, 4.69) is 12.1 Å². The summed E-state index contributed by atoms with van der Waals surface area (Å²) in [5.74, 6) is 0. The standard InChI is InChI=1S/C11H14ClNS/c12-11-6-5-10(14-11)7-8-1-3-9(13)4-2-8/h5-7,9H,1-4,13H2. The van der Waals surface area contributed by atoms with Crippen LogP contribution in [-0.4, -0.2) is 6.04 Å². The van der Waals surface area contributed by atoms with E-state index >= 15 is 0 Å². The lowest BCUT2D eigenvalue weighted by molar-refractivity contribution is 0.514. The summed E-state index contributed by atoms with van der Waals surface area (Å²) in [5.41, 5.74) is 7.37. The highest BCUT2D eigenvalue weighted by molar-refractivity contribution is 7.17. The van der Waals surface area contributed by atoms with E-state index in [0.29, 0.717) is 6.04 Å². The lowest BCUT2D eigenvalue weighted by Crippen LogP contribution is -2.23. The average molecular weight is 228 g/mol. The van der Waals surface area contributed by atoms with Crippen molar-refractivity contribution in [3.8, 4) is 0 Å². The van der Waals surface area contributed by atoms with Gasteiger partial charge in [-0.2, -0.15) is 0 Å². The number of thiophene rings is 1. The molecule has 0 saturated heterocycles. The number of hydrogen-bond donors (Lipinski definition) is 1. The number of rotatable bonds is 1. The molecule has 1 aromatic heterocycles. The Bertz CT molecular complexity index is 333. The number of allylic oxidation sites excluding steroid dienone is 1. The largest absolute Gasteiger partial charge is 0.328 e. The first-order chi connectivity index (χ1) is 6.74. The number of hydrogen-bond acceptors (Lipinski definition) is 2. The molecule has 0 radical (unpaired) electrons. The van der Waals surface area contributed by atoms with Crippen LogP contribution in [0.1, 0.15) is 30.6 Å². The SMILES string of the molecule is NC1CCC(=Cc2ccc(Cl)s2)CC1. The van der Waals surface area contributed by atoms with Gasteiger partial charge in [-0.25, -0.2) is 0 Å². The van der Waals surface area contributed by atoms with E-state index in [4.69, 9.17) is 17.3 Å². The Morgan fingerprint density at radius 2 is 2.07 bits per heavy atom. The van der Waals surface area contributed by atoms with Gasteiger partial charge >= 0.3 is 0 Å². The zero-order valence-electron chi connectivity index (χ0n) is 8.00. The van der Waals surface area contributed by atoms with E-state index in [9.17, 15) is 0 Å². The normalized spacial score (nSPS) is 22.4. The second-order valence-corrected chi connectivity index (χ2v) is 5.53. The molecule has 76 valence electrons. The molecule has 1 aliphatic rings. The highest BCUT2D eigenvalue weighted by Crippen LogP contribution is 2.28. The monoisotopic (exact) mass is 227 g/mol. The minimum Gasteiger partial charge on any atom is -0.328 e. The predicted molar refractivity (Wildman–Crippen MR) is 63.7 cm³/mol. The molecule has 0 amide bonds. The molecule has 1 aliphatic carbocycles. The molecule has 0 spiro atoms. The maximum atomic E-state index is 5.87. The molecule has 2 rings (SSSR count). The molecule has 1 fully saturated rings. The Morgan fingerprint density at radius 1 is 1.36 bits per heavy atom. The van der Waals surface area contributed by atoms with E-state index in [1.165, 1.54) is 10.5 Å². The lowest BCUT2D eigenvalue weighted by atomic mass is 9.91. The van der Waals surface area contributed by atoms with Gasteiger partial charge < -0.3 is 5.73 Å². The van der Waals surface area contributed by atoms with Gasteiger partial charge in [0.1, 0.15) is 0 Å². The highest BCUT2D eigenvalue weighted by atomic mass is 35.5. The summed E-state index contributed by atoms with van der Waals surface area (Å²) in [7, 11) is 0. The summed E-state index contributed by atoms with van der Waals surface area (Å²) in [6.45, 7) is 0. The summed E-state index contributed by atoms with van der Waals surface area (Å²) in [4.78, 5) is 1.26. The van der Waals surface area contributed by atoms with Crippen LogP contribution in [0.3, 0.4) is 0 Å². The van der Waals surface area contributed by atoms with Crippen molar-refractivity contribution in [3.63, 3.8) is 0 Å². The summed E-state index contributed by atoms with van der Waals surface area (Å²) < 4.78 is 0.865. The average Bonchev–Trinajstić information content (AvgIpc) is 2.56. The van der Waals surface area contributed by atoms with Gasteiger partial charge in [-0.05, 0) is 43.9 Å². The van der Waals surface area contributed by atoms with Gasteiger partial charge in [0, 0.05) is 10.9 Å². The van der Waals surface area contributed by atoms with E-state index < -0.39 is 0 Å². The first-order valence-electron chi connectivity index (χ1n) is 4.94. The van der Waals surface area contributed by atoms with Crippen molar-refractivity contribution in [3.05, 3.63) is 26.9 Å². The van der Waals surface area contributed by atoms with Gasteiger partial charge in [-0.1, -0.05) is 17.2 Å². The summed E-state index contributed by atoms with van der Waals surface area (Å²) in [5, 5.41) is 0. The molecule has 1 nitrogen and oxygen atoms in total. The van der Waals surface area contributed by atoms with Gasteiger partial charge in [0.25, 0.3) is 0 Å². The minimum absolute atomic E-state index is 0.416. The molecule has 0 aromatic carbocycles. The van der Waals surface area contributed by atoms with Crippen molar-refractivity contribution < 1.29 is 0 Å². The van der Waals surface area contributed by atoms with Gasteiger partial charge in [0.2, 0.25) is 0 Å². The number of halogens is 1. The third-order valence-electron chi connectivity index (χ3n) is 2.61. The molecule has 0 aliphatic heterocycles. The Balaban J connectivity index is 2.04. The summed E-state index contributed by atoms with van der Waals surface area (Å²) in [6, 6.07) is 4.45. The van der Waals surface area contributed by atoms with Crippen molar-refractivity contribution in [2.75, 3.05) is 0 Å². The van der Waals surface area contributed by atoms with Crippen LogP contribution in [0.25, 0.3) is 6.08 Å². The van der Waals surface area contributed by atoms with Crippen LogP contribution >= 0.6 is 22.9 Å². The quantitative estimate of drug-likeness (QED) is 0.778. The second-order valence-electron chi connectivity index (χ2n) is 3.78. The molecule has 1 aromatic rings. The maximum Gasteiger partial charge on any atom is 0.0934 e. The molecule has 14 heavy (non-hydrogen) atoms. The van der Waals surface area contributed by atoms with Gasteiger partial charge in [-0.3, -0.25) is 0 Å². The van der Waals surface area contributed by atoms with E-state index in [1.807, 2.05) is 6.07 Å². The van der Waals surface area contributed by atoms with Crippen molar-refractivity contribution in [2.45, 2.75) is 31.7 Å². The zero-order valence-corrected chi connectivity index (χ0v) is 9.57. The smallest absolute Gasteiger partial charge is 0.0934 e. The maximum absolute atomic E-state index is 5.87. The predicted octanol–water partition coefficient (Wildman–Crippen LogP) is 3.69. The first kappa shape index (κ1) is 10.2. The molecule has 1 saturated carbocycles. The Morgan fingerprint density at radius 3 is 2.64 bits per heavy atom. The molecule has 1 heterocycles. The van der Waals surface area contributed by atoms with Gasteiger partial charge in [-0.15, -0.1) is 11.3 Å². The lowest BCUT2D eigenvalue weighted by Gasteiger charge is -2.19. The molecule has 2 N–H and O–H groups in total. The van der Waals surface area contributed by atoms with Crippen LogP contribution in [0.2, 0.25) is 4.34 Å². The van der Waals surface area contributed by atoms with E-state index in [-0.39, 0.29) is 0 Å². The second kappa shape index (κ2) is 4.47. The van der Waals surface area contributed by atoms with Gasteiger partial charge in [0.15, 0.2) is 0 Å². The molecule has 3 heteroatoms. The molecule has 0 atom stereocenters. The van der Waals surface area contributed by atoms with E-state index in [1.54, 1.807) is 11.3 Å². The fourth-order valence-corrected chi connectivity index (χ4v) is 2.82. The van der Waals surface area contributed by atoms with Crippen LogP contribution in [0, 0.1) is 0 Å². The Kier molecular flexibility index (Phi) is 3.26. The number of nitrogens with two attached hydrogens (primary N) is 1. The first-order valence-corrected chi connectivity index (χ1v) is 6.14. The molecular weight excluding hydrogens is 214 g/mol. The summed E-state index contributed by atoms with van der Waals surface area (Å²) in [6.07, 6.45) is 6.83. The molecule has 0 unspecified atom stereocenters. The van der Waals surface area contributed by atoms with Crippen molar-refractivity contribution in [1.82, 2.24) is 0 Å². The fourth-order valence-electron chi connectivity index (χ4n) is 1.76. The van der Waals surface area contributed by atoms with Gasteiger partial charge in [0.05, 0.1) is 4.34 Å². The zero-order chi connectivity index (χ0) is 9.97. The molecular formula is C11H14ClNS. The topological polar surface area (TPSA) is 26.0 Å². The third-order valence-corrected chi connectivity index (χ3v) is 3.79. The highest BCUT2D eigenvalue weighted by Gasteiger charge is 2.12. The Hall–Kier alpha value is -0.310. The van der Waals surface area contributed by atoms with Crippen molar-refractivity contribution >= 4 is 29.0 Å².